The van der Waals surface area contributed by atoms with Crippen LogP contribution in [0.2, 0.25) is 0 Å². The van der Waals surface area contributed by atoms with E-state index in [2.05, 4.69) is 23.7 Å². The lowest BCUT2D eigenvalue weighted by atomic mass is 10.2. The van der Waals surface area contributed by atoms with Crippen molar-refractivity contribution >= 4 is 17.6 Å². The van der Waals surface area contributed by atoms with Gasteiger partial charge in [-0.15, -0.1) is 0 Å². The fraction of sp³-hybridized carbons (Fsp3) is 0.692. The molecule has 0 amide bonds. The van der Waals surface area contributed by atoms with Crippen LogP contribution in [0, 0.1) is 13.8 Å². The number of rotatable bonds is 2. The van der Waals surface area contributed by atoms with Gasteiger partial charge in [-0.25, -0.2) is 9.97 Å². The fourth-order valence-corrected chi connectivity index (χ4v) is 2.68. The molecule has 0 aliphatic carbocycles. The maximum Gasteiger partial charge on any atom is 0.189 e. The Morgan fingerprint density at radius 1 is 1.00 bits per heavy atom. The van der Waals surface area contributed by atoms with Gasteiger partial charge in [-0.2, -0.15) is 0 Å². The van der Waals surface area contributed by atoms with Crippen molar-refractivity contribution in [1.82, 2.24) is 9.97 Å². The fourth-order valence-electron chi connectivity index (χ4n) is 2.27. The summed E-state index contributed by atoms with van der Waals surface area (Å²) in [5.41, 5.74) is 2.35. The molecule has 0 radical (unpaired) electrons. The van der Waals surface area contributed by atoms with Crippen LogP contribution in [-0.2, 0) is 0 Å². The summed E-state index contributed by atoms with van der Waals surface area (Å²) in [4.78, 5) is 11.6. The van der Waals surface area contributed by atoms with Crippen LogP contribution in [0.15, 0.2) is 5.16 Å². The average molecular weight is 251 g/mol. The summed E-state index contributed by atoms with van der Waals surface area (Å²) in [7, 11) is 0. The molecule has 1 aromatic heterocycles. The second-order valence-electron chi connectivity index (χ2n) is 4.65. The Kier molecular flexibility index (Phi) is 4.26. The zero-order valence-corrected chi connectivity index (χ0v) is 11.8. The van der Waals surface area contributed by atoms with E-state index in [0.717, 1.165) is 29.8 Å². The number of hydrogen-bond acceptors (Lipinski definition) is 4. The standard InChI is InChI=1S/C13H21N3S/c1-10-11(2)14-13(17-3)15-12(10)16-8-6-4-5-7-9-16/h4-9H2,1-3H3. The van der Waals surface area contributed by atoms with Gasteiger partial charge in [-0.05, 0) is 32.9 Å². The lowest BCUT2D eigenvalue weighted by Crippen LogP contribution is -2.26. The Morgan fingerprint density at radius 3 is 2.24 bits per heavy atom. The summed E-state index contributed by atoms with van der Waals surface area (Å²) < 4.78 is 0. The zero-order chi connectivity index (χ0) is 12.3. The van der Waals surface area contributed by atoms with Crippen LogP contribution in [0.25, 0.3) is 0 Å². The van der Waals surface area contributed by atoms with E-state index in [0.29, 0.717) is 0 Å². The molecular weight excluding hydrogens is 230 g/mol. The van der Waals surface area contributed by atoms with E-state index in [-0.39, 0.29) is 0 Å². The van der Waals surface area contributed by atoms with Gasteiger partial charge in [0.25, 0.3) is 0 Å². The van der Waals surface area contributed by atoms with E-state index in [4.69, 9.17) is 4.98 Å². The third kappa shape index (κ3) is 2.92. The second kappa shape index (κ2) is 5.71. The lowest BCUT2D eigenvalue weighted by Gasteiger charge is -2.24. The smallest absolute Gasteiger partial charge is 0.189 e. The highest BCUT2D eigenvalue weighted by Crippen LogP contribution is 2.25. The van der Waals surface area contributed by atoms with Crippen molar-refractivity contribution in [2.45, 2.75) is 44.7 Å². The summed E-state index contributed by atoms with van der Waals surface area (Å²) >= 11 is 1.63. The number of hydrogen-bond donors (Lipinski definition) is 0. The lowest BCUT2D eigenvalue weighted by molar-refractivity contribution is 0.726. The predicted octanol–water partition coefficient (Wildman–Crippen LogP) is 3.20. The largest absolute Gasteiger partial charge is 0.356 e. The molecule has 3 nitrogen and oxygen atoms in total. The molecule has 0 spiro atoms. The number of aromatic nitrogens is 2. The first-order valence-electron chi connectivity index (χ1n) is 6.36. The minimum atomic E-state index is 0.896. The molecule has 17 heavy (non-hydrogen) atoms. The Labute approximate surface area is 108 Å². The molecule has 2 heterocycles. The summed E-state index contributed by atoms with van der Waals surface area (Å²) in [6.07, 6.45) is 7.33. The third-order valence-corrected chi connectivity index (χ3v) is 3.98. The Morgan fingerprint density at radius 2 is 1.65 bits per heavy atom. The summed E-state index contributed by atoms with van der Waals surface area (Å²) in [6, 6.07) is 0. The molecule has 1 aromatic rings. The van der Waals surface area contributed by atoms with E-state index >= 15 is 0 Å². The van der Waals surface area contributed by atoms with Gasteiger partial charge in [0.15, 0.2) is 5.16 Å². The number of aryl methyl sites for hydroxylation is 1. The molecule has 1 aliphatic heterocycles. The molecule has 94 valence electrons. The summed E-state index contributed by atoms with van der Waals surface area (Å²) in [5.74, 6) is 1.16. The first-order chi connectivity index (χ1) is 8.22. The molecule has 0 unspecified atom stereocenters. The molecule has 0 saturated carbocycles. The van der Waals surface area contributed by atoms with Crippen LogP contribution in [-0.4, -0.2) is 29.3 Å². The molecular formula is C13H21N3S. The van der Waals surface area contributed by atoms with Crippen LogP contribution in [0.4, 0.5) is 5.82 Å². The highest BCUT2D eigenvalue weighted by Gasteiger charge is 2.16. The first kappa shape index (κ1) is 12.7. The van der Waals surface area contributed by atoms with Gasteiger partial charge in [-0.1, -0.05) is 24.6 Å². The Bertz CT molecular complexity index is 384. The van der Waals surface area contributed by atoms with Crippen LogP contribution in [0.1, 0.15) is 36.9 Å². The predicted molar refractivity (Wildman–Crippen MR) is 74.0 cm³/mol. The third-order valence-electron chi connectivity index (χ3n) is 3.43. The number of anilines is 1. The van der Waals surface area contributed by atoms with Gasteiger partial charge in [0.1, 0.15) is 5.82 Å². The molecule has 4 heteroatoms. The molecule has 0 bridgehead atoms. The van der Waals surface area contributed by atoms with Crippen LogP contribution < -0.4 is 4.90 Å². The van der Waals surface area contributed by atoms with Crippen molar-refractivity contribution in [3.8, 4) is 0 Å². The van der Waals surface area contributed by atoms with Crippen molar-refractivity contribution in [3.63, 3.8) is 0 Å². The minimum absolute atomic E-state index is 0.896. The van der Waals surface area contributed by atoms with Crippen molar-refractivity contribution in [3.05, 3.63) is 11.3 Å². The Balaban J connectivity index is 2.31. The quantitative estimate of drug-likeness (QED) is 0.596. The van der Waals surface area contributed by atoms with Gasteiger partial charge < -0.3 is 4.90 Å². The van der Waals surface area contributed by atoms with Crippen LogP contribution in [0.3, 0.4) is 0 Å². The van der Waals surface area contributed by atoms with Crippen LogP contribution in [0.5, 0.6) is 0 Å². The molecule has 1 saturated heterocycles. The normalized spacial score (nSPS) is 17.0. The molecule has 0 aromatic carbocycles. The highest BCUT2D eigenvalue weighted by molar-refractivity contribution is 7.98. The summed E-state index contributed by atoms with van der Waals surface area (Å²) in [6.45, 7) is 6.51. The van der Waals surface area contributed by atoms with Crippen molar-refractivity contribution in [2.75, 3.05) is 24.2 Å². The number of thioether (sulfide) groups is 1. The van der Waals surface area contributed by atoms with Gasteiger partial charge in [0.2, 0.25) is 0 Å². The van der Waals surface area contributed by atoms with E-state index in [1.807, 2.05) is 6.26 Å². The maximum atomic E-state index is 4.69. The molecule has 0 N–H and O–H groups in total. The molecule has 1 fully saturated rings. The van der Waals surface area contributed by atoms with Gasteiger partial charge >= 0.3 is 0 Å². The van der Waals surface area contributed by atoms with E-state index in [9.17, 15) is 0 Å². The van der Waals surface area contributed by atoms with E-state index in [1.54, 1.807) is 11.8 Å². The number of nitrogens with zero attached hydrogens (tertiary/aromatic N) is 3. The van der Waals surface area contributed by atoms with Crippen LogP contribution >= 0.6 is 11.8 Å². The van der Waals surface area contributed by atoms with Gasteiger partial charge in [0.05, 0.1) is 0 Å². The zero-order valence-electron chi connectivity index (χ0n) is 11.0. The maximum absolute atomic E-state index is 4.69. The van der Waals surface area contributed by atoms with Gasteiger partial charge in [-0.3, -0.25) is 0 Å². The molecule has 1 aliphatic rings. The van der Waals surface area contributed by atoms with E-state index < -0.39 is 0 Å². The highest BCUT2D eigenvalue weighted by atomic mass is 32.2. The summed E-state index contributed by atoms with van der Waals surface area (Å²) in [5, 5.41) is 0.896. The monoisotopic (exact) mass is 251 g/mol. The average Bonchev–Trinajstić information content (AvgIpc) is 2.61. The molecule has 2 rings (SSSR count). The van der Waals surface area contributed by atoms with Gasteiger partial charge in [0, 0.05) is 24.3 Å². The second-order valence-corrected chi connectivity index (χ2v) is 5.42. The molecule has 0 atom stereocenters. The Hall–Kier alpha value is -0.770. The van der Waals surface area contributed by atoms with Crippen molar-refractivity contribution < 1.29 is 0 Å². The SMILES string of the molecule is CSc1nc(C)c(C)c(N2CCCCCC2)n1. The van der Waals surface area contributed by atoms with Crippen molar-refractivity contribution in [2.24, 2.45) is 0 Å². The topological polar surface area (TPSA) is 29.0 Å². The first-order valence-corrected chi connectivity index (χ1v) is 7.59. The van der Waals surface area contributed by atoms with E-state index in [1.165, 1.54) is 31.2 Å². The van der Waals surface area contributed by atoms with Crippen molar-refractivity contribution in [1.29, 1.82) is 0 Å². The minimum Gasteiger partial charge on any atom is -0.356 e.